The summed E-state index contributed by atoms with van der Waals surface area (Å²) >= 11 is 0. The van der Waals surface area contributed by atoms with E-state index in [9.17, 15) is 5.11 Å². The maximum absolute atomic E-state index is 9.33. The van der Waals surface area contributed by atoms with Gasteiger partial charge in [0, 0.05) is 0 Å². The summed E-state index contributed by atoms with van der Waals surface area (Å²) in [4.78, 5) is 0. The molecule has 0 radical (unpaired) electrons. The lowest BCUT2D eigenvalue weighted by molar-refractivity contribution is 0.476. The lowest BCUT2D eigenvalue weighted by atomic mass is 10.1. The number of fused-ring (bicyclic) bond motifs is 1. The summed E-state index contributed by atoms with van der Waals surface area (Å²) in [7, 11) is 1.80. The molecule has 0 unspecified atom stereocenters. The van der Waals surface area contributed by atoms with Crippen molar-refractivity contribution in [1.29, 1.82) is 0 Å². The Morgan fingerprint density at radius 3 is 2.64 bits per heavy atom. The van der Waals surface area contributed by atoms with Gasteiger partial charge in [0.2, 0.25) is 0 Å². The molecule has 1 N–H and O–H groups in total. The van der Waals surface area contributed by atoms with E-state index in [0.29, 0.717) is 5.75 Å². The molecule has 0 saturated carbocycles. The normalized spacial score (nSPS) is 10.6. The van der Waals surface area contributed by atoms with Crippen molar-refractivity contribution in [3.63, 3.8) is 0 Å². The van der Waals surface area contributed by atoms with Crippen LogP contribution in [-0.2, 0) is 6.54 Å². The Kier molecular flexibility index (Phi) is 2.37. The van der Waals surface area contributed by atoms with Gasteiger partial charge in [-0.25, -0.2) is 0 Å². The number of rotatable bonds is 2. The van der Waals surface area contributed by atoms with Crippen LogP contribution in [0.2, 0.25) is 0 Å². The SMILES string of the molecule is C[N-]Cc1ccc2ccc(O)cc2c1. The predicted octanol–water partition coefficient (Wildman–Crippen LogP) is 3.05. The zero-order valence-corrected chi connectivity index (χ0v) is 8.07. The van der Waals surface area contributed by atoms with Gasteiger partial charge in [0.15, 0.2) is 0 Å². The second-order valence-corrected chi connectivity index (χ2v) is 3.34. The molecule has 0 aliphatic heterocycles. The minimum absolute atomic E-state index is 0.308. The van der Waals surface area contributed by atoms with E-state index >= 15 is 0 Å². The molecule has 2 rings (SSSR count). The Balaban J connectivity index is 2.52. The van der Waals surface area contributed by atoms with Crippen molar-refractivity contribution in [3.05, 3.63) is 47.3 Å². The van der Waals surface area contributed by atoms with Crippen LogP contribution in [0.3, 0.4) is 0 Å². The van der Waals surface area contributed by atoms with Crippen molar-refractivity contribution in [1.82, 2.24) is 0 Å². The summed E-state index contributed by atoms with van der Waals surface area (Å²) in [6.45, 7) is 0.728. The van der Waals surface area contributed by atoms with E-state index in [-0.39, 0.29) is 0 Å². The molecule has 0 saturated heterocycles. The van der Waals surface area contributed by atoms with E-state index in [1.54, 1.807) is 19.2 Å². The lowest BCUT2D eigenvalue weighted by Crippen LogP contribution is -1.82. The van der Waals surface area contributed by atoms with Crippen LogP contribution in [0.1, 0.15) is 5.56 Å². The average Bonchev–Trinajstić information content (AvgIpc) is 2.17. The molecule has 2 aromatic carbocycles. The third kappa shape index (κ3) is 1.70. The maximum Gasteiger partial charge on any atom is 0.116 e. The zero-order valence-electron chi connectivity index (χ0n) is 8.07. The van der Waals surface area contributed by atoms with Gasteiger partial charge in [-0.15, -0.1) is 6.54 Å². The van der Waals surface area contributed by atoms with Crippen LogP contribution in [0.4, 0.5) is 0 Å². The van der Waals surface area contributed by atoms with Crippen LogP contribution < -0.4 is 0 Å². The van der Waals surface area contributed by atoms with E-state index < -0.39 is 0 Å². The van der Waals surface area contributed by atoms with Crippen LogP contribution in [0.15, 0.2) is 36.4 Å². The second kappa shape index (κ2) is 3.68. The van der Waals surface area contributed by atoms with Crippen LogP contribution in [0, 0.1) is 0 Å². The highest BCUT2D eigenvalue weighted by molar-refractivity contribution is 5.84. The van der Waals surface area contributed by atoms with E-state index in [0.717, 1.165) is 17.3 Å². The fraction of sp³-hybridized carbons (Fsp3) is 0.167. The molecule has 0 aromatic heterocycles. The number of hydrogen-bond donors (Lipinski definition) is 1. The highest BCUT2D eigenvalue weighted by atomic mass is 16.3. The highest BCUT2D eigenvalue weighted by Crippen LogP contribution is 2.21. The van der Waals surface area contributed by atoms with Gasteiger partial charge >= 0.3 is 0 Å². The highest BCUT2D eigenvalue weighted by Gasteiger charge is 1.95. The third-order valence-corrected chi connectivity index (χ3v) is 2.23. The van der Waals surface area contributed by atoms with Crippen LogP contribution in [0.25, 0.3) is 16.1 Å². The Morgan fingerprint density at radius 2 is 1.86 bits per heavy atom. The number of nitrogens with zero attached hydrogens (tertiary/aromatic N) is 1. The maximum atomic E-state index is 9.33. The van der Waals surface area contributed by atoms with Gasteiger partial charge in [-0.1, -0.05) is 29.8 Å². The molecule has 0 heterocycles. The third-order valence-electron chi connectivity index (χ3n) is 2.23. The molecule has 0 spiro atoms. The number of aromatic hydroxyl groups is 1. The van der Waals surface area contributed by atoms with Crippen molar-refractivity contribution in [2.45, 2.75) is 6.54 Å². The molecule has 0 aliphatic rings. The predicted molar refractivity (Wildman–Crippen MR) is 58.6 cm³/mol. The van der Waals surface area contributed by atoms with Gasteiger partial charge < -0.3 is 10.4 Å². The van der Waals surface area contributed by atoms with Crippen LogP contribution in [-0.4, -0.2) is 12.2 Å². The minimum Gasteiger partial charge on any atom is -0.661 e. The molecule has 0 amide bonds. The molecule has 72 valence electrons. The Morgan fingerprint density at radius 1 is 1.07 bits per heavy atom. The largest absolute Gasteiger partial charge is 0.661 e. The number of benzene rings is 2. The average molecular weight is 186 g/mol. The zero-order chi connectivity index (χ0) is 9.97. The fourth-order valence-electron chi connectivity index (χ4n) is 1.56. The van der Waals surface area contributed by atoms with Gasteiger partial charge in [0.05, 0.1) is 0 Å². The van der Waals surface area contributed by atoms with E-state index in [4.69, 9.17) is 0 Å². The first-order chi connectivity index (χ1) is 6.79. The molecule has 0 aliphatic carbocycles. The summed E-state index contributed by atoms with van der Waals surface area (Å²) in [6, 6.07) is 11.6. The van der Waals surface area contributed by atoms with Crippen molar-refractivity contribution in [2.75, 3.05) is 7.05 Å². The number of hydrogen-bond acceptors (Lipinski definition) is 1. The molecule has 0 atom stereocenters. The standard InChI is InChI=1S/C12H12NO/c1-13-8-9-2-3-10-4-5-12(14)7-11(10)6-9/h2-7,14H,8H2,1H3/q-1. The molecule has 14 heavy (non-hydrogen) atoms. The van der Waals surface area contributed by atoms with Crippen molar-refractivity contribution >= 4 is 10.8 Å². The van der Waals surface area contributed by atoms with Gasteiger partial charge in [-0.05, 0) is 22.9 Å². The molecular formula is C12H12NO-. The quantitative estimate of drug-likeness (QED) is 0.768. The van der Waals surface area contributed by atoms with Crippen LogP contribution >= 0.6 is 0 Å². The fourth-order valence-corrected chi connectivity index (χ4v) is 1.56. The monoisotopic (exact) mass is 186 g/mol. The minimum atomic E-state index is 0.308. The molecule has 2 nitrogen and oxygen atoms in total. The van der Waals surface area contributed by atoms with Gasteiger partial charge in [0.1, 0.15) is 5.75 Å². The summed E-state index contributed by atoms with van der Waals surface area (Å²) in [5.74, 6) is 0.308. The van der Waals surface area contributed by atoms with Crippen molar-refractivity contribution in [3.8, 4) is 5.75 Å². The number of phenolic OH excluding ortho intramolecular Hbond substituents is 1. The Hall–Kier alpha value is -1.54. The van der Waals surface area contributed by atoms with Crippen molar-refractivity contribution < 1.29 is 5.11 Å². The number of phenols is 1. The molecule has 2 heteroatoms. The van der Waals surface area contributed by atoms with Crippen molar-refractivity contribution in [2.24, 2.45) is 0 Å². The first kappa shape index (κ1) is 9.03. The lowest BCUT2D eigenvalue weighted by Gasteiger charge is -2.11. The summed E-state index contributed by atoms with van der Waals surface area (Å²) in [5, 5.41) is 15.6. The first-order valence-electron chi connectivity index (χ1n) is 4.57. The topological polar surface area (TPSA) is 34.3 Å². The summed E-state index contributed by atoms with van der Waals surface area (Å²) < 4.78 is 0. The van der Waals surface area contributed by atoms with E-state index in [1.807, 2.05) is 6.07 Å². The molecule has 0 fully saturated rings. The van der Waals surface area contributed by atoms with Gasteiger partial charge in [-0.3, -0.25) is 0 Å². The first-order valence-corrected chi connectivity index (χ1v) is 4.57. The smallest absolute Gasteiger partial charge is 0.116 e. The Labute approximate surface area is 83.2 Å². The second-order valence-electron chi connectivity index (χ2n) is 3.34. The van der Waals surface area contributed by atoms with E-state index in [2.05, 4.69) is 23.5 Å². The summed E-state index contributed by atoms with van der Waals surface area (Å²) in [6.07, 6.45) is 0. The molecule has 2 aromatic rings. The molecule has 0 bridgehead atoms. The van der Waals surface area contributed by atoms with E-state index in [1.165, 1.54) is 5.56 Å². The van der Waals surface area contributed by atoms with Gasteiger partial charge in [-0.2, -0.15) is 7.05 Å². The summed E-state index contributed by atoms with van der Waals surface area (Å²) in [5.41, 5.74) is 1.17. The Bertz CT molecular complexity index is 451. The van der Waals surface area contributed by atoms with Gasteiger partial charge in [0.25, 0.3) is 0 Å². The molecular weight excluding hydrogens is 174 g/mol. The van der Waals surface area contributed by atoms with Crippen LogP contribution in [0.5, 0.6) is 5.75 Å².